The summed E-state index contributed by atoms with van der Waals surface area (Å²) >= 11 is 0. The van der Waals surface area contributed by atoms with Gasteiger partial charge in [-0.1, -0.05) is 19.1 Å². The molecule has 0 atom stereocenters. The highest BCUT2D eigenvalue weighted by Crippen LogP contribution is 2.23. The molecule has 26 heavy (non-hydrogen) atoms. The highest BCUT2D eigenvalue weighted by Gasteiger charge is 2.30. The van der Waals surface area contributed by atoms with Crippen LogP contribution in [0.3, 0.4) is 0 Å². The minimum Gasteiger partial charge on any atom is -0.452 e. The first-order chi connectivity index (χ1) is 12.3. The number of benzene rings is 2. The van der Waals surface area contributed by atoms with E-state index in [9.17, 15) is 22.8 Å². The first-order valence-electron chi connectivity index (χ1n) is 7.68. The number of rotatable bonds is 6. The van der Waals surface area contributed by atoms with Crippen LogP contribution in [0.1, 0.15) is 22.8 Å². The van der Waals surface area contributed by atoms with E-state index in [-0.39, 0.29) is 5.69 Å². The maximum Gasteiger partial charge on any atom is 0.573 e. The van der Waals surface area contributed by atoms with Crippen molar-refractivity contribution >= 4 is 17.6 Å². The van der Waals surface area contributed by atoms with Crippen molar-refractivity contribution < 1.29 is 32.2 Å². The van der Waals surface area contributed by atoms with Crippen molar-refractivity contribution in [1.82, 2.24) is 0 Å². The summed E-state index contributed by atoms with van der Waals surface area (Å²) in [5.74, 6) is -1.66. The van der Waals surface area contributed by atoms with Gasteiger partial charge in [-0.2, -0.15) is 0 Å². The molecule has 0 aliphatic carbocycles. The molecule has 0 aliphatic rings. The van der Waals surface area contributed by atoms with Crippen LogP contribution in [0.5, 0.6) is 5.75 Å². The summed E-state index contributed by atoms with van der Waals surface area (Å²) in [5, 5.41) is 2.40. The molecule has 138 valence electrons. The third kappa shape index (κ3) is 6.12. The largest absolute Gasteiger partial charge is 0.573 e. The van der Waals surface area contributed by atoms with Gasteiger partial charge in [-0.25, -0.2) is 4.79 Å². The number of nitrogens with one attached hydrogen (secondary N) is 1. The molecule has 0 saturated carbocycles. The molecule has 0 aliphatic heterocycles. The Labute approximate surface area is 147 Å². The van der Waals surface area contributed by atoms with Crippen LogP contribution in [-0.4, -0.2) is 24.8 Å². The number of alkyl halides is 3. The van der Waals surface area contributed by atoms with Gasteiger partial charge >= 0.3 is 12.3 Å². The van der Waals surface area contributed by atoms with Crippen molar-refractivity contribution in [3.05, 3.63) is 59.7 Å². The molecule has 0 radical (unpaired) electrons. The second-order valence-electron chi connectivity index (χ2n) is 5.25. The predicted octanol–water partition coefficient (Wildman–Crippen LogP) is 3.94. The second kappa shape index (κ2) is 8.37. The summed E-state index contributed by atoms with van der Waals surface area (Å²) in [7, 11) is 0. The lowest BCUT2D eigenvalue weighted by molar-refractivity contribution is -0.274. The maximum atomic E-state index is 12.1. The van der Waals surface area contributed by atoms with Crippen LogP contribution in [0.2, 0.25) is 0 Å². The number of amides is 1. The molecule has 0 unspecified atom stereocenters. The lowest BCUT2D eigenvalue weighted by Crippen LogP contribution is -2.21. The van der Waals surface area contributed by atoms with Crippen molar-refractivity contribution in [2.75, 3.05) is 11.9 Å². The van der Waals surface area contributed by atoms with Gasteiger partial charge in [-0.15, -0.1) is 13.2 Å². The molecule has 5 nitrogen and oxygen atoms in total. The fourth-order valence-corrected chi connectivity index (χ4v) is 2.03. The summed E-state index contributed by atoms with van der Waals surface area (Å²) in [4.78, 5) is 23.6. The number of anilines is 1. The molecule has 1 amide bonds. The van der Waals surface area contributed by atoms with Crippen molar-refractivity contribution in [2.45, 2.75) is 19.7 Å². The van der Waals surface area contributed by atoms with Gasteiger partial charge in [0.25, 0.3) is 5.91 Å². The number of hydrogen-bond acceptors (Lipinski definition) is 4. The van der Waals surface area contributed by atoms with E-state index >= 15 is 0 Å². The van der Waals surface area contributed by atoms with Gasteiger partial charge in [0, 0.05) is 5.69 Å². The van der Waals surface area contributed by atoms with Crippen LogP contribution in [0.25, 0.3) is 0 Å². The summed E-state index contributed by atoms with van der Waals surface area (Å²) in [6.07, 6.45) is -3.95. The molecule has 0 bridgehead atoms. The molecule has 0 fully saturated rings. The van der Waals surface area contributed by atoms with E-state index in [2.05, 4.69) is 10.1 Å². The molecule has 0 aromatic heterocycles. The summed E-state index contributed by atoms with van der Waals surface area (Å²) < 4.78 is 44.8. The van der Waals surface area contributed by atoms with E-state index < -0.39 is 30.6 Å². The Balaban J connectivity index is 1.83. The predicted molar refractivity (Wildman–Crippen MR) is 87.9 cm³/mol. The third-order valence-electron chi connectivity index (χ3n) is 3.30. The molecule has 2 rings (SSSR count). The standard InChI is InChI=1S/C18H16F3NO4/c1-2-12-3-5-13(6-4-12)17(24)25-11-16(23)22-14-7-9-15(10-8-14)26-18(19,20)21/h3-10H,2,11H2,1H3,(H,22,23). The molecule has 2 aromatic carbocycles. The number of halogens is 3. The minimum absolute atomic E-state index is 0.243. The fourth-order valence-electron chi connectivity index (χ4n) is 2.03. The maximum absolute atomic E-state index is 12.1. The minimum atomic E-state index is -4.78. The Morgan fingerprint density at radius 3 is 2.15 bits per heavy atom. The zero-order valence-corrected chi connectivity index (χ0v) is 13.8. The van der Waals surface area contributed by atoms with E-state index in [0.29, 0.717) is 5.56 Å². The zero-order valence-electron chi connectivity index (χ0n) is 13.8. The van der Waals surface area contributed by atoms with Crippen molar-refractivity contribution in [3.63, 3.8) is 0 Å². The summed E-state index contributed by atoms with van der Waals surface area (Å²) in [5.41, 5.74) is 1.63. The highest BCUT2D eigenvalue weighted by atomic mass is 19.4. The zero-order chi connectivity index (χ0) is 19.2. The van der Waals surface area contributed by atoms with E-state index in [1.807, 2.05) is 6.92 Å². The van der Waals surface area contributed by atoms with Gasteiger partial charge in [0.1, 0.15) is 5.75 Å². The first-order valence-corrected chi connectivity index (χ1v) is 7.68. The smallest absolute Gasteiger partial charge is 0.452 e. The Kier molecular flexibility index (Phi) is 6.21. The lowest BCUT2D eigenvalue weighted by Gasteiger charge is -2.10. The van der Waals surface area contributed by atoms with Gasteiger partial charge in [-0.3, -0.25) is 4.79 Å². The average Bonchev–Trinajstić information content (AvgIpc) is 2.60. The number of aryl methyl sites for hydroxylation is 1. The average molecular weight is 367 g/mol. The van der Waals surface area contributed by atoms with E-state index in [1.165, 1.54) is 12.1 Å². The molecule has 0 saturated heterocycles. The van der Waals surface area contributed by atoms with Gasteiger partial charge in [0.2, 0.25) is 0 Å². The second-order valence-corrected chi connectivity index (χ2v) is 5.25. The molecular formula is C18H16F3NO4. The number of hydrogen-bond donors (Lipinski definition) is 1. The number of carbonyl (C=O) groups excluding carboxylic acids is 2. The summed E-state index contributed by atoms with van der Waals surface area (Å²) in [6.45, 7) is 1.47. The van der Waals surface area contributed by atoms with Crippen LogP contribution in [0, 0.1) is 0 Å². The van der Waals surface area contributed by atoms with E-state index in [1.54, 1.807) is 24.3 Å². The van der Waals surface area contributed by atoms with Gasteiger partial charge in [0.15, 0.2) is 6.61 Å². The molecular weight excluding hydrogens is 351 g/mol. The van der Waals surface area contributed by atoms with E-state index in [4.69, 9.17) is 4.74 Å². The van der Waals surface area contributed by atoms with Crippen LogP contribution in [0.4, 0.5) is 18.9 Å². The fraction of sp³-hybridized carbons (Fsp3) is 0.222. The quantitative estimate of drug-likeness (QED) is 0.786. The molecule has 2 aromatic rings. The van der Waals surface area contributed by atoms with Gasteiger partial charge < -0.3 is 14.8 Å². The normalized spacial score (nSPS) is 10.9. The molecule has 0 spiro atoms. The molecule has 1 N–H and O–H groups in total. The Bertz CT molecular complexity index is 756. The topological polar surface area (TPSA) is 64.6 Å². The lowest BCUT2D eigenvalue weighted by atomic mass is 10.1. The Hall–Kier alpha value is -3.03. The third-order valence-corrected chi connectivity index (χ3v) is 3.30. The monoisotopic (exact) mass is 367 g/mol. The summed E-state index contributed by atoms with van der Waals surface area (Å²) in [6, 6.07) is 11.4. The van der Waals surface area contributed by atoms with Crippen molar-refractivity contribution in [3.8, 4) is 5.75 Å². The number of esters is 1. The van der Waals surface area contributed by atoms with Crippen LogP contribution in [-0.2, 0) is 16.0 Å². The first kappa shape index (κ1) is 19.3. The molecule has 8 heteroatoms. The number of carbonyl (C=O) groups is 2. The number of ether oxygens (including phenoxy) is 2. The highest BCUT2D eigenvalue weighted by molar-refractivity contribution is 5.95. The van der Waals surface area contributed by atoms with Crippen molar-refractivity contribution in [2.24, 2.45) is 0 Å². The van der Waals surface area contributed by atoms with Gasteiger partial charge in [0.05, 0.1) is 5.56 Å². The van der Waals surface area contributed by atoms with E-state index in [0.717, 1.165) is 24.1 Å². The van der Waals surface area contributed by atoms with Gasteiger partial charge in [-0.05, 0) is 48.4 Å². The van der Waals surface area contributed by atoms with Crippen molar-refractivity contribution in [1.29, 1.82) is 0 Å². The Morgan fingerprint density at radius 1 is 1.00 bits per heavy atom. The van der Waals surface area contributed by atoms with Crippen LogP contribution in [0.15, 0.2) is 48.5 Å². The molecule has 0 heterocycles. The SMILES string of the molecule is CCc1ccc(C(=O)OCC(=O)Nc2ccc(OC(F)(F)F)cc2)cc1. The van der Waals surface area contributed by atoms with Crippen LogP contribution < -0.4 is 10.1 Å². The van der Waals surface area contributed by atoms with Crippen LogP contribution >= 0.6 is 0 Å². The Morgan fingerprint density at radius 2 is 1.62 bits per heavy atom.